The van der Waals surface area contributed by atoms with Gasteiger partial charge in [0.15, 0.2) is 0 Å². The van der Waals surface area contributed by atoms with Gasteiger partial charge >= 0.3 is 0 Å². The molecule has 18 heavy (non-hydrogen) atoms. The highest BCUT2D eigenvalue weighted by Gasteiger charge is 2.17. The Morgan fingerprint density at radius 3 is 2.67 bits per heavy atom. The zero-order valence-electron chi connectivity index (χ0n) is 11.4. The number of carbonyl (C=O) groups is 1. The van der Waals surface area contributed by atoms with Crippen LogP contribution in [0.5, 0.6) is 0 Å². The summed E-state index contributed by atoms with van der Waals surface area (Å²) in [5.74, 6) is 2.60. The van der Waals surface area contributed by atoms with Crippen LogP contribution in [-0.2, 0) is 11.3 Å². The number of amides is 1. The number of rotatable bonds is 4. The van der Waals surface area contributed by atoms with Crippen molar-refractivity contribution in [3.8, 4) is 0 Å². The zero-order chi connectivity index (χ0) is 13.0. The fourth-order valence-electron chi connectivity index (χ4n) is 2.78. The summed E-state index contributed by atoms with van der Waals surface area (Å²) in [4.78, 5) is 11.9. The number of hydrogen-bond acceptors (Lipinski definition) is 2. The van der Waals surface area contributed by atoms with Crippen LogP contribution in [0, 0.1) is 19.8 Å². The van der Waals surface area contributed by atoms with Gasteiger partial charge in [-0.05, 0) is 38.7 Å². The summed E-state index contributed by atoms with van der Waals surface area (Å²) in [6.45, 7) is 4.46. The van der Waals surface area contributed by atoms with Gasteiger partial charge in [0, 0.05) is 18.5 Å². The SMILES string of the molecule is Cc1cc(CNC(=O)CC2CCCCC2)c(C)o1. The number of nitrogens with one attached hydrogen (secondary N) is 1. The molecule has 1 N–H and O–H groups in total. The van der Waals surface area contributed by atoms with Gasteiger partial charge in [0.1, 0.15) is 11.5 Å². The third-order valence-electron chi connectivity index (χ3n) is 3.82. The van der Waals surface area contributed by atoms with E-state index in [-0.39, 0.29) is 5.91 Å². The van der Waals surface area contributed by atoms with E-state index in [1.807, 2.05) is 19.9 Å². The molecule has 1 fully saturated rings. The molecule has 1 amide bonds. The first kappa shape index (κ1) is 13.2. The van der Waals surface area contributed by atoms with Crippen LogP contribution in [0.4, 0.5) is 0 Å². The summed E-state index contributed by atoms with van der Waals surface area (Å²) in [5, 5.41) is 3.00. The summed E-state index contributed by atoms with van der Waals surface area (Å²) in [5.41, 5.74) is 1.09. The van der Waals surface area contributed by atoms with Gasteiger partial charge in [0.2, 0.25) is 5.91 Å². The highest BCUT2D eigenvalue weighted by atomic mass is 16.3. The molecule has 3 nitrogen and oxygen atoms in total. The van der Waals surface area contributed by atoms with Gasteiger partial charge in [-0.1, -0.05) is 19.3 Å². The van der Waals surface area contributed by atoms with Crippen LogP contribution in [0.3, 0.4) is 0 Å². The standard InChI is InChI=1S/C15H23NO2/c1-11-8-14(12(2)18-11)10-16-15(17)9-13-6-4-3-5-7-13/h8,13H,3-7,9-10H2,1-2H3,(H,16,17). The molecule has 2 rings (SSSR count). The highest BCUT2D eigenvalue weighted by Crippen LogP contribution is 2.26. The third kappa shape index (κ3) is 3.62. The predicted octanol–water partition coefficient (Wildman–Crippen LogP) is 3.48. The first-order chi connectivity index (χ1) is 8.65. The van der Waals surface area contributed by atoms with E-state index in [0.29, 0.717) is 18.9 Å². The molecular formula is C15H23NO2. The van der Waals surface area contributed by atoms with Gasteiger partial charge in [-0.2, -0.15) is 0 Å². The summed E-state index contributed by atoms with van der Waals surface area (Å²) in [6, 6.07) is 2.00. The maximum Gasteiger partial charge on any atom is 0.220 e. The van der Waals surface area contributed by atoms with E-state index in [1.54, 1.807) is 0 Å². The molecular weight excluding hydrogens is 226 g/mol. The molecule has 3 heteroatoms. The lowest BCUT2D eigenvalue weighted by Crippen LogP contribution is -2.25. The van der Waals surface area contributed by atoms with Crippen molar-refractivity contribution in [3.05, 3.63) is 23.2 Å². The van der Waals surface area contributed by atoms with Gasteiger partial charge in [0.05, 0.1) is 0 Å². The lowest BCUT2D eigenvalue weighted by atomic mass is 9.87. The normalized spacial score (nSPS) is 16.8. The molecule has 0 unspecified atom stereocenters. The van der Waals surface area contributed by atoms with Gasteiger partial charge in [-0.15, -0.1) is 0 Å². The van der Waals surface area contributed by atoms with Crippen molar-refractivity contribution in [2.45, 2.75) is 58.9 Å². The number of furan rings is 1. The van der Waals surface area contributed by atoms with Crippen molar-refractivity contribution in [1.29, 1.82) is 0 Å². The minimum atomic E-state index is 0.181. The van der Waals surface area contributed by atoms with Crippen molar-refractivity contribution in [3.63, 3.8) is 0 Å². The molecule has 0 radical (unpaired) electrons. The molecule has 100 valence electrons. The second kappa shape index (κ2) is 6.07. The minimum Gasteiger partial charge on any atom is -0.466 e. The maximum atomic E-state index is 11.9. The van der Waals surface area contributed by atoms with E-state index in [9.17, 15) is 4.79 Å². The van der Waals surface area contributed by atoms with Crippen LogP contribution >= 0.6 is 0 Å². The Hall–Kier alpha value is -1.25. The number of hydrogen-bond donors (Lipinski definition) is 1. The van der Waals surface area contributed by atoms with Crippen LogP contribution in [0.1, 0.15) is 55.6 Å². The monoisotopic (exact) mass is 249 g/mol. The van der Waals surface area contributed by atoms with E-state index in [0.717, 1.165) is 17.1 Å². The smallest absolute Gasteiger partial charge is 0.220 e. The molecule has 0 aliphatic heterocycles. The van der Waals surface area contributed by atoms with E-state index < -0.39 is 0 Å². The van der Waals surface area contributed by atoms with Gasteiger partial charge in [-0.25, -0.2) is 0 Å². The summed E-state index contributed by atoms with van der Waals surface area (Å²) >= 11 is 0. The van der Waals surface area contributed by atoms with Crippen molar-refractivity contribution in [2.75, 3.05) is 0 Å². The Labute approximate surface area is 109 Å². The Balaban J connectivity index is 1.75. The third-order valence-corrected chi connectivity index (χ3v) is 3.82. The Morgan fingerprint density at radius 2 is 2.06 bits per heavy atom. The van der Waals surface area contributed by atoms with Crippen molar-refractivity contribution in [2.24, 2.45) is 5.92 Å². The summed E-state index contributed by atoms with van der Waals surface area (Å²) < 4.78 is 5.45. The molecule has 1 aromatic rings. The van der Waals surface area contributed by atoms with E-state index in [1.165, 1.54) is 32.1 Å². The van der Waals surface area contributed by atoms with Crippen LogP contribution in [0.25, 0.3) is 0 Å². The van der Waals surface area contributed by atoms with Crippen molar-refractivity contribution < 1.29 is 9.21 Å². The molecule has 0 spiro atoms. The van der Waals surface area contributed by atoms with Gasteiger partial charge in [0.25, 0.3) is 0 Å². The molecule has 0 aromatic carbocycles. The molecule has 1 heterocycles. The van der Waals surface area contributed by atoms with Crippen LogP contribution < -0.4 is 5.32 Å². The quantitative estimate of drug-likeness (QED) is 0.887. The van der Waals surface area contributed by atoms with Crippen molar-refractivity contribution >= 4 is 5.91 Å². The first-order valence-corrected chi connectivity index (χ1v) is 6.98. The lowest BCUT2D eigenvalue weighted by molar-refractivity contribution is -0.122. The molecule has 1 aliphatic rings. The Bertz CT molecular complexity index is 403. The molecule has 0 bridgehead atoms. The second-order valence-electron chi connectivity index (χ2n) is 5.42. The molecule has 1 aliphatic carbocycles. The summed E-state index contributed by atoms with van der Waals surface area (Å²) in [7, 11) is 0. The average Bonchev–Trinajstić information content (AvgIpc) is 2.66. The van der Waals surface area contributed by atoms with Crippen LogP contribution in [0.15, 0.2) is 10.5 Å². The van der Waals surface area contributed by atoms with Crippen molar-refractivity contribution in [1.82, 2.24) is 5.32 Å². The second-order valence-corrected chi connectivity index (χ2v) is 5.42. The minimum absolute atomic E-state index is 0.181. The van der Waals surface area contributed by atoms with Gasteiger partial charge < -0.3 is 9.73 Å². The zero-order valence-corrected chi connectivity index (χ0v) is 11.4. The Morgan fingerprint density at radius 1 is 1.33 bits per heavy atom. The highest BCUT2D eigenvalue weighted by molar-refractivity contribution is 5.76. The average molecular weight is 249 g/mol. The topological polar surface area (TPSA) is 42.2 Å². The Kier molecular flexibility index (Phi) is 4.45. The van der Waals surface area contributed by atoms with Crippen LogP contribution in [0.2, 0.25) is 0 Å². The largest absolute Gasteiger partial charge is 0.466 e. The summed E-state index contributed by atoms with van der Waals surface area (Å²) in [6.07, 6.45) is 7.05. The lowest BCUT2D eigenvalue weighted by Gasteiger charge is -2.20. The fourth-order valence-corrected chi connectivity index (χ4v) is 2.78. The molecule has 1 saturated carbocycles. The fraction of sp³-hybridized carbons (Fsp3) is 0.667. The first-order valence-electron chi connectivity index (χ1n) is 6.98. The number of aryl methyl sites for hydroxylation is 2. The van der Waals surface area contributed by atoms with Crippen LogP contribution in [-0.4, -0.2) is 5.91 Å². The van der Waals surface area contributed by atoms with E-state index >= 15 is 0 Å². The van der Waals surface area contributed by atoms with E-state index in [2.05, 4.69) is 5.32 Å². The number of carbonyl (C=O) groups excluding carboxylic acids is 1. The van der Waals surface area contributed by atoms with Gasteiger partial charge in [-0.3, -0.25) is 4.79 Å². The maximum absolute atomic E-state index is 11.9. The predicted molar refractivity (Wildman–Crippen MR) is 71.2 cm³/mol. The van der Waals surface area contributed by atoms with E-state index in [4.69, 9.17) is 4.42 Å². The molecule has 0 saturated heterocycles. The molecule has 0 atom stereocenters. The molecule has 1 aromatic heterocycles.